The minimum absolute atomic E-state index is 0.0570. The molecule has 1 saturated heterocycles. The molecule has 3 heterocycles. The molecule has 0 aliphatic carbocycles. The molecule has 2 atom stereocenters. The molecule has 1 aliphatic heterocycles. The Morgan fingerprint density at radius 3 is 2.50 bits per heavy atom. The maximum Gasteiger partial charge on any atom is 0.418 e. The first kappa shape index (κ1) is 23.9. The van der Waals surface area contributed by atoms with Crippen molar-refractivity contribution >= 4 is 15.8 Å². The molecule has 0 amide bonds. The molecule has 34 heavy (non-hydrogen) atoms. The highest BCUT2D eigenvalue weighted by Crippen LogP contribution is 2.38. The normalized spacial score (nSPS) is 18.6. The van der Waals surface area contributed by atoms with E-state index in [-0.39, 0.29) is 30.5 Å². The minimum Gasteiger partial charge on any atom is -0.469 e. The zero-order valence-corrected chi connectivity index (χ0v) is 18.6. The summed E-state index contributed by atoms with van der Waals surface area (Å²) in [7, 11) is -4.32. The summed E-state index contributed by atoms with van der Waals surface area (Å²) >= 11 is 0. The first-order valence-corrected chi connectivity index (χ1v) is 11.6. The van der Waals surface area contributed by atoms with Crippen LogP contribution in [0.2, 0.25) is 0 Å². The van der Waals surface area contributed by atoms with Crippen LogP contribution in [0.15, 0.2) is 59.6 Å². The number of aromatic nitrogens is 2. The monoisotopic (exact) mass is 495 g/mol. The number of nitrogens with one attached hydrogen (secondary N) is 1. The Balaban J connectivity index is 1.65. The van der Waals surface area contributed by atoms with E-state index >= 15 is 0 Å². The number of hydrogen-bond acceptors (Lipinski definition) is 7. The maximum atomic E-state index is 13.6. The summed E-state index contributed by atoms with van der Waals surface area (Å²) in [6.07, 6.45) is -6.27. The number of ether oxygens (including phenoxy) is 2. The lowest BCUT2D eigenvalue weighted by Gasteiger charge is -2.16. The van der Waals surface area contributed by atoms with Crippen LogP contribution in [0.1, 0.15) is 11.1 Å². The molecule has 0 bridgehead atoms. The SMILES string of the molecule is Cc1ccccc1-c1nc(NS(=O)(=O)c2cccc(O[C@H]3COC[C@H]3O)n2)ccc1C(F)(F)F. The van der Waals surface area contributed by atoms with Crippen molar-refractivity contribution in [2.24, 2.45) is 0 Å². The fraction of sp³-hybridized carbons (Fsp3) is 0.273. The van der Waals surface area contributed by atoms with Crippen LogP contribution in [-0.4, -0.2) is 48.9 Å². The molecule has 1 aromatic carbocycles. The number of aliphatic hydroxyl groups excluding tert-OH is 1. The van der Waals surface area contributed by atoms with Crippen molar-refractivity contribution in [2.75, 3.05) is 17.9 Å². The number of hydrogen-bond donors (Lipinski definition) is 2. The van der Waals surface area contributed by atoms with Crippen molar-refractivity contribution in [3.63, 3.8) is 0 Å². The molecule has 3 aromatic rings. The predicted octanol–water partition coefficient (Wildman–Crippen LogP) is 3.41. The Hall–Kier alpha value is -3.22. The zero-order valence-electron chi connectivity index (χ0n) is 17.8. The number of sulfonamides is 1. The smallest absolute Gasteiger partial charge is 0.418 e. The summed E-state index contributed by atoms with van der Waals surface area (Å²) in [6, 6.07) is 12.1. The summed E-state index contributed by atoms with van der Waals surface area (Å²) in [6.45, 7) is 1.85. The van der Waals surface area contributed by atoms with Crippen molar-refractivity contribution < 1.29 is 36.2 Å². The standard InChI is InChI=1S/C22H20F3N3O5S/c1-13-5-2-3-6-14(13)21-15(22(23,24)25)9-10-18(26-21)28-34(30,31)20-8-4-7-19(27-20)33-17-12-32-11-16(17)29/h2-10,16-17,29H,11-12H2,1H3,(H,26,28)/t16-,17+/m1/s1. The second-order valence-corrected chi connectivity index (χ2v) is 9.22. The fourth-order valence-corrected chi connectivity index (χ4v) is 4.34. The van der Waals surface area contributed by atoms with Gasteiger partial charge in [-0.2, -0.15) is 26.6 Å². The molecule has 180 valence electrons. The fourth-order valence-electron chi connectivity index (χ4n) is 3.38. The van der Waals surface area contributed by atoms with Gasteiger partial charge in [-0.05, 0) is 30.7 Å². The first-order chi connectivity index (χ1) is 16.0. The molecule has 4 rings (SSSR count). The van der Waals surface area contributed by atoms with Crippen molar-refractivity contribution in [1.82, 2.24) is 9.97 Å². The van der Waals surface area contributed by atoms with Gasteiger partial charge >= 0.3 is 6.18 Å². The topological polar surface area (TPSA) is 111 Å². The highest BCUT2D eigenvalue weighted by Gasteiger charge is 2.35. The third kappa shape index (κ3) is 5.13. The molecule has 2 aromatic heterocycles. The Morgan fingerprint density at radius 1 is 1.06 bits per heavy atom. The lowest BCUT2D eigenvalue weighted by Crippen LogP contribution is -2.30. The van der Waals surface area contributed by atoms with Gasteiger partial charge in [0.25, 0.3) is 10.0 Å². The molecule has 8 nitrogen and oxygen atoms in total. The number of pyridine rings is 2. The van der Waals surface area contributed by atoms with Crippen LogP contribution in [0, 0.1) is 6.92 Å². The van der Waals surface area contributed by atoms with Crippen molar-refractivity contribution in [1.29, 1.82) is 0 Å². The van der Waals surface area contributed by atoms with E-state index in [0.717, 1.165) is 12.1 Å². The van der Waals surface area contributed by atoms with Gasteiger partial charge < -0.3 is 14.6 Å². The lowest BCUT2D eigenvalue weighted by atomic mass is 10.0. The molecule has 0 radical (unpaired) electrons. The zero-order chi connectivity index (χ0) is 24.5. The third-order valence-corrected chi connectivity index (χ3v) is 6.34. The minimum atomic E-state index is -4.69. The van der Waals surface area contributed by atoms with Crippen LogP contribution >= 0.6 is 0 Å². The van der Waals surface area contributed by atoms with E-state index in [1.807, 2.05) is 0 Å². The molecule has 0 unspecified atom stereocenters. The van der Waals surface area contributed by atoms with Gasteiger partial charge in [0.2, 0.25) is 5.88 Å². The summed E-state index contributed by atoms with van der Waals surface area (Å²) in [5, 5.41) is 9.36. The van der Waals surface area contributed by atoms with E-state index in [1.165, 1.54) is 24.3 Å². The summed E-state index contributed by atoms with van der Waals surface area (Å²) < 4.78 is 79.4. The highest BCUT2D eigenvalue weighted by molar-refractivity contribution is 7.92. The van der Waals surface area contributed by atoms with E-state index in [4.69, 9.17) is 9.47 Å². The average molecular weight is 495 g/mol. The van der Waals surface area contributed by atoms with Gasteiger partial charge in [-0.3, -0.25) is 4.72 Å². The van der Waals surface area contributed by atoms with E-state index in [0.29, 0.717) is 5.56 Å². The number of aryl methyl sites for hydroxylation is 1. The van der Waals surface area contributed by atoms with Crippen LogP contribution in [0.25, 0.3) is 11.3 Å². The second kappa shape index (κ2) is 9.20. The number of benzene rings is 1. The molecule has 12 heteroatoms. The summed E-state index contributed by atoms with van der Waals surface area (Å²) in [5.41, 5.74) is -0.617. The Morgan fingerprint density at radius 2 is 1.82 bits per heavy atom. The van der Waals surface area contributed by atoms with Crippen LogP contribution < -0.4 is 9.46 Å². The van der Waals surface area contributed by atoms with Gasteiger partial charge in [0, 0.05) is 11.6 Å². The molecular formula is C22H20F3N3O5S. The van der Waals surface area contributed by atoms with Gasteiger partial charge in [0.1, 0.15) is 11.9 Å². The number of alkyl halides is 3. The second-order valence-electron chi connectivity index (χ2n) is 7.59. The highest BCUT2D eigenvalue weighted by atomic mass is 32.2. The van der Waals surface area contributed by atoms with E-state index in [9.17, 15) is 26.7 Å². The number of anilines is 1. The Bertz CT molecular complexity index is 1300. The van der Waals surface area contributed by atoms with Crippen molar-refractivity contribution in [3.05, 3.63) is 65.7 Å². The molecular weight excluding hydrogens is 475 g/mol. The quantitative estimate of drug-likeness (QED) is 0.539. The Labute approximate surface area is 193 Å². The van der Waals surface area contributed by atoms with Gasteiger partial charge in [0.15, 0.2) is 11.1 Å². The summed E-state index contributed by atoms with van der Waals surface area (Å²) in [4.78, 5) is 7.92. The number of aliphatic hydroxyl groups is 1. The van der Waals surface area contributed by atoms with Crippen molar-refractivity contribution in [2.45, 2.75) is 30.3 Å². The molecule has 2 N–H and O–H groups in total. The molecule has 1 aliphatic rings. The van der Waals surface area contributed by atoms with Crippen molar-refractivity contribution in [3.8, 4) is 17.1 Å². The lowest BCUT2D eigenvalue weighted by molar-refractivity contribution is -0.137. The van der Waals surface area contributed by atoms with E-state index in [1.54, 1.807) is 25.1 Å². The van der Waals surface area contributed by atoms with Crippen LogP contribution in [0.4, 0.5) is 19.0 Å². The molecule has 1 fully saturated rings. The number of rotatable bonds is 6. The van der Waals surface area contributed by atoms with Crippen LogP contribution in [0.3, 0.4) is 0 Å². The van der Waals surface area contributed by atoms with E-state index in [2.05, 4.69) is 14.7 Å². The van der Waals surface area contributed by atoms with E-state index < -0.39 is 44.7 Å². The van der Waals surface area contributed by atoms with Crippen LogP contribution in [0.5, 0.6) is 5.88 Å². The third-order valence-electron chi connectivity index (χ3n) is 5.09. The largest absolute Gasteiger partial charge is 0.469 e. The average Bonchev–Trinajstić information content (AvgIpc) is 3.17. The summed E-state index contributed by atoms with van der Waals surface area (Å²) in [5.74, 6) is -0.364. The van der Waals surface area contributed by atoms with Gasteiger partial charge in [-0.15, -0.1) is 0 Å². The predicted molar refractivity (Wildman–Crippen MR) is 116 cm³/mol. The maximum absolute atomic E-state index is 13.6. The van der Waals surface area contributed by atoms with Crippen LogP contribution in [-0.2, 0) is 20.9 Å². The first-order valence-electron chi connectivity index (χ1n) is 10.1. The number of nitrogens with zero attached hydrogens (tertiary/aromatic N) is 2. The van der Waals surface area contributed by atoms with Gasteiger partial charge in [-0.1, -0.05) is 30.3 Å². The molecule has 0 spiro atoms. The Kier molecular flexibility index (Phi) is 6.47. The molecule has 0 saturated carbocycles. The van der Waals surface area contributed by atoms with Gasteiger partial charge in [-0.25, -0.2) is 4.98 Å². The number of halogens is 3. The van der Waals surface area contributed by atoms with Gasteiger partial charge in [0.05, 0.1) is 24.5 Å².